The third-order valence-electron chi connectivity index (χ3n) is 4.63. The van der Waals surface area contributed by atoms with Gasteiger partial charge < -0.3 is 4.90 Å². The first-order valence-electron chi connectivity index (χ1n) is 7.53. The predicted molar refractivity (Wildman–Crippen MR) is 79.7 cm³/mol. The Kier molecular flexibility index (Phi) is 3.50. The molecular formula is C17H19N3O. The standard InChI is InChI=1S/C17H19N3O/c1-13-10-14(11-18)12-19-15(13)16(21)20-9-5-8-17(20)6-3-2-4-7-17/h5,8,10,12H,2-4,6-7,9H2,1H3. The fraction of sp³-hybridized carbons (Fsp3) is 0.471. The second-order valence-electron chi connectivity index (χ2n) is 5.98. The van der Waals surface area contributed by atoms with Gasteiger partial charge >= 0.3 is 0 Å². The molecule has 1 spiro atoms. The van der Waals surface area contributed by atoms with Crippen LogP contribution in [0.1, 0.15) is 53.7 Å². The Morgan fingerprint density at radius 2 is 2.14 bits per heavy atom. The van der Waals surface area contributed by atoms with Gasteiger partial charge in [0.2, 0.25) is 0 Å². The molecule has 0 unspecified atom stereocenters. The van der Waals surface area contributed by atoms with Crippen LogP contribution in [-0.4, -0.2) is 27.9 Å². The van der Waals surface area contributed by atoms with Crippen LogP contribution < -0.4 is 0 Å². The number of carbonyl (C=O) groups is 1. The topological polar surface area (TPSA) is 57.0 Å². The molecule has 108 valence electrons. The third-order valence-corrected chi connectivity index (χ3v) is 4.63. The number of aromatic nitrogens is 1. The van der Waals surface area contributed by atoms with E-state index >= 15 is 0 Å². The number of amides is 1. The lowest BCUT2D eigenvalue weighted by Crippen LogP contribution is -2.49. The van der Waals surface area contributed by atoms with E-state index in [4.69, 9.17) is 5.26 Å². The maximum atomic E-state index is 12.9. The van der Waals surface area contributed by atoms with Crippen LogP contribution in [0.15, 0.2) is 24.4 Å². The number of hydrogen-bond donors (Lipinski definition) is 0. The Morgan fingerprint density at radius 1 is 1.38 bits per heavy atom. The molecule has 0 atom stereocenters. The minimum Gasteiger partial charge on any atom is -0.324 e. The smallest absolute Gasteiger partial charge is 0.273 e. The zero-order valence-electron chi connectivity index (χ0n) is 12.3. The normalized spacial score (nSPS) is 19.7. The fourth-order valence-corrected chi connectivity index (χ4v) is 3.52. The Hall–Kier alpha value is -2.15. The Bertz CT molecular complexity index is 636. The van der Waals surface area contributed by atoms with Gasteiger partial charge in [0.05, 0.1) is 11.1 Å². The molecule has 1 aliphatic carbocycles. The average molecular weight is 281 g/mol. The quantitative estimate of drug-likeness (QED) is 0.744. The summed E-state index contributed by atoms with van der Waals surface area (Å²) < 4.78 is 0. The van der Waals surface area contributed by atoms with Crippen molar-refractivity contribution < 1.29 is 4.79 Å². The van der Waals surface area contributed by atoms with E-state index in [1.54, 1.807) is 6.07 Å². The maximum Gasteiger partial charge on any atom is 0.273 e. The van der Waals surface area contributed by atoms with Gasteiger partial charge in [-0.1, -0.05) is 31.4 Å². The van der Waals surface area contributed by atoms with Gasteiger partial charge in [0, 0.05) is 12.7 Å². The zero-order valence-corrected chi connectivity index (χ0v) is 12.3. The minimum absolute atomic E-state index is 0.0103. The van der Waals surface area contributed by atoms with E-state index in [2.05, 4.69) is 23.2 Å². The van der Waals surface area contributed by atoms with Crippen molar-refractivity contribution in [3.8, 4) is 6.07 Å². The van der Waals surface area contributed by atoms with E-state index in [1.165, 1.54) is 25.5 Å². The van der Waals surface area contributed by atoms with Gasteiger partial charge in [0.15, 0.2) is 0 Å². The van der Waals surface area contributed by atoms with Crippen molar-refractivity contribution in [3.05, 3.63) is 41.2 Å². The molecule has 0 radical (unpaired) electrons. The summed E-state index contributed by atoms with van der Waals surface area (Å²) in [5.41, 5.74) is 1.65. The van der Waals surface area contributed by atoms with Crippen molar-refractivity contribution in [1.82, 2.24) is 9.88 Å². The van der Waals surface area contributed by atoms with E-state index in [0.717, 1.165) is 18.4 Å². The van der Waals surface area contributed by atoms with Gasteiger partial charge in [-0.15, -0.1) is 0 Å². The molecule has 1 fully saturated rings. The Labute approximate surface area is 125 Å². The molecule has 0 saturated heterocycles. The Morgan fingerprint density at radius 3 is 2.81 bits per heavy atom. The van der Waals surface area contributed by atoms with Crippen LogP contribution in [-0.2, 0) is 0 Å². The van der Waals surface area contributed by atoms with Gasteiger partial charge in [-0.25, -0.2) is 4.98 Å². The lowest BCUT2D eigenvalue weighted by atomic mass is 9.81. The summed E-state index contributed by atoms with van der Waals surface area (Å²) in [6.45, 7) is 2.51. The SMILES string of the molecule is Cc1cc(C#N)cnc1C(=O)N1CC=CC12CCCCC2. The number of carbonyl (C=O) groups excluding carboxylic acids is 1. The summed E-state index contributed by atoms with van der Waals surface area (Å²) in [6.07, 6.45) is 11.5. The van der Waals surface area contributed by atoms with Crippen LogP contribution in [0, 0.1) is 18.3 Å². The second kappa shape index (κ2) is 5.33. The van der Waals surface area contributed by atoms with Crippen molar-refractivity contribution in [1.29, 1.82) is 5.26 Å². The van der Waals surface area contributed by atoms with Crippen LogP contribution in [0.3, 0.4) is 0 Å². The molecule has 1 aromatic heterocycles. The molecule has 0 bridgehead atoms. The molecule has 4 heteroatoms. The van der Waals surface area contributed by atoms with Crippen molar-refractivity contribution in [2.75, 3.05) is 6.54 Å². The molecule has 1 amide bonds. The number of nitriles is 1. The van der Waals surface area contributed by atoms with Crippen LogP contribution in [0.4, 0.5) is 0 Å². The number of nitrogens with zero attached hydrogens (tertiary/aromatic N) is 3. The minimum atomic E-state index is -0.0998. The fourth-order valence-electron chi connectivity index (χ4n) is 3.52. The molecule has 1 aromatic rings. The van der Waals surface area contributed by atoms with Gasteiger partial charge in [-0.05, 0) is 31.4 Å². The van der Waals surface area contributed by atoms with Gasteiger partial charge in [-0.3, -0.25) is 4.79 Å². The Balaban J connectivity index is 1.90. The van der Waals surface area contributed by atoms with Crippen LogP contribution in [0.2, 0.25) is 0 Å². The number of hydrogen-bond acceptors (Lipinski definition) is 3. The highest BCUT2D eigenvalue weighted by Gasteiger charge is 2.41. The van der Waals surface area contributed by atoms with Crippen molar-refractivity contribution in [2.45, 2.75) is 44.6 Å². The van der Waals surface area contributed by atoms with Gasteiger partial charge in [0.25, 0.3) is 5.91 Å². The molecule has 3 rings (SSSR count). The summed E-state index contributed by atoms with van der Waals surface area (Å²) in [5.74, 6) is -0.0103. The van der Waals surface area contributed by atoms with E-state index in [-0.39, 0.29) is 11.4 Å². The number of rotatable bonds is 1. The lowest BCUT2D eigenvalue weighted by Gasteiger charge is -2.41. The monoisotopic (exact) mass is 281 g/mol. The molecule has 2 aliphatic rings. The highest BCUT2D eigenvalue weighted by Crippen LogP contribution is 2.38. The molecular weight excluding hydrogens is 262 g/mol. The summed E-state index contributed by atoms with van der Waals surface area (Å²) >= 11 is 0. The number of pyridine rings is 1. The molecule has 1 aliphatic heterocycles. The van der Waals surface area contributed by atoms with Gasteiger partial charge in [-0.2, -0.15) is 5.26 Å². The van der Waals surface area contributed by atoms with E-state index in [0.29, 0.717) is 17.8 Å². The lowest BCUT2D eigenvalue weighted by molar-refractivity contribution is 0.0559. The molecule has 21 heavy (non-hydrogen) atoms. The zero-order chi connectivity index (χ0) is 14.9. The van der Waals surface area contributed by atoms with Crippen molar-refractivity contribution in [3.63, 3.8) is 0 Å². The van der Waals surface area contributed by atoms with Crippen LogP contribution >= 0.6 is 0 Å². The van der Waals surface area contributed by atoms with Crippen molar-refractivity contribution in [2.24, 2.45) is 0 Å². The summed E-state index contributed by atoms with van der Waals surface area (Å²) in [4.78, 5) is 19.1. The number of aryl methyl sites for hydroxylation is 1. The first kappa shape index (κ1) is 13.8. The average Bonchev–Trinajstić information content (AvgIpc) is 2.90. The molecule has 2 heterocycles. The largest absolute Gasteiger partial charge is 0.324 e. The van der Waals surface area contributed by atoms with E-state index in [9.17, 15) is 4.79 Å². The highest BCUT2D eigenvalue weighted by atomic mass is 16.2. The summed E-state index contributed by atoms with van der Waals surface area (Å²) in [5, 5.41) is 8.91. The first-order valence-corrected chi connectivity index (χ1v) is 7.53. The predicted octanol–water partition coefficient (Wildman–Crippen LogP) is 2.98. The summed E-state index contributed by atoms with van der Waals surface area (Å²) in [7, 11) is 0. The van der Waals surface area contributed by atoms with Gasteiger partial charge in [0.1, 0.15) is 11.8 Å². The second-order valence-corrected chi connectivity index (χ2v) is 5.98. The first-order chi connectivity index (χ1) is 10.2. The van der Waals surface area contributed by atoms with Crippen molar-refractivity contribution >= 4 is 5.91 Å². The van der Waals surface area contributed by atoms with Crippen LogP contribution in [0.25, 0.3) is 0 Å². The molecule has 0 N–H and O–H groups in total. The molecule has 1 saturated carbocycles. The molecule has 4 nitrogen and oxygen atoms in total. The van der Waals surface area contributed by atoms with E-state index in [1.807, 2.05) is 11.8 Å². The summed E-state index contributed by atoms with van der Waals surface area (Å²) in [6, 6.07) is 3.79. The van der Waals surface area contributed by atoms with E-state index < -0.39 is 0 Å². The highest BCUT2D eigenvalue weighted by molar-refractivity contribution is 5.95. The maximum absolute atomic E-state index is 12.9. The third kappa shape index (κ3) is 2.33. The van der Waals surface area contributed by atoms with Crippen LogP contribution in [0.5, 0.6) is 0 Å². The molecule has 0 aromatic carbocycles.